The molecule has 3 rings (SSSR count). The van der Waals surface area contributed by atoms with Crippen LogP contribution in [0, 0.1) is 0 Å². The first-order valence-corrected chi connectivity index (χ1v) is 7.29. The first kappa shape index (κ1) is 19.3. The van der Waals surface area contributed by atoms with Crippen LogP contribution in [0.15, 0.2) is 24.3 Å². The molecule has 1 aromatic carbocycles. The summed E-state index contributed by atoms with van der Waals surface area (Å²) in [4.78, 5) is 12.1. The summed E-state index contributed by atoms with van der Waals surface area (Å²) in [5, 5.41) is 11.3. The molecule has 3 N–H and O–H groups in total. The smallest absolute Gasteiger partial charge is 0.253 e. The lowest BCUT2D eigenvalue weighted by Crippen LogP contribution is -2.25. The number of nitrogens with zero attached hydrogens (tertiary/aromatic N) is 3. The van der Waals surface area contributed by atoms with Crippen LogP contribution in [0.4, 0.5) is 5.69 Å². The van der Waals surface area contributed by atoms with Crippen molar-refractivity contribution in [2.45, 2.75) is 38.8 Å². The molecule has 6 nitrogen and oxygen atoms in total. The van der Waals surface area contributed by atoms with Gasteiger partial charge in [0.1, 0.15) is 5.82 Å². The van der Waals surface area contributed by atoms with Gasteiger partial charge in [-0.3, -0.25) is 4.79 Å². The van der Waals surface area contributed by atoms with Gasteiger partial charge < -0.3 is 15.6 Å². The van der Waals surface area contributed by atoms with Crippen LogP contribution in [0.1, 0.15) is 41.3 Å². The summed E-state index contributed by atoms with van der Waals surface area (Å²) in [5.74, 6) is 1.66. The highest BCUT2D eigenvalue weighted by Crippen LogP contribution is 2.15. The zero-order chi connectivity index (χ0) is 14.7. The highest BCUT2D eigenvalue weighted by molar-refractivity contribution is 5.98. The summed E-state index contributed by atoms with van der Waals surface area (Å²) in [6.07, 6.45) is 4.48. The number of nitrogens with two attached hydrogens (primary N) is 1. The predicted molar refractivity (Wildman–Crippen MR) is 94.1 cm³/mol. The highest BCUT2D eigenvalue weighted by atomic mass is 35.5. The third-order valence-corrected chi connectivity index (χ3v) is 3.80. The van der Waals surface area contributed by atoms with Gasteiger partial charge in [0.2, 0.25) is 0 Å². The van der Waals surface area contributed by atoms with E-state index < -0.39 is 0 Å². The van der Waals surface area contributed by atoms with E-state index >= 15 is 0 Å². The van der Waals surface area contributed by atoms with Crippen molar-refractivity contribution in [3.05, 3.63) is 41.5 Å². The maximum atomic E-state index is 12.1. The maximum absolute atomic E-state index is 12.1. The number of benzene rings is 1. The van der Waals surface area contributed by atoms with Crippen molar-refractivity contribution in [1.82, 2.24) is 20.1 Å². The lowest BCUT2D eigenvalue weighted by Gasteiger charge is -2.09. The Morgan fingerprint density at radius 1 is 1.17 bits per heavy atom. The number of aromatic nitrogens is 3. The molecule has 8 heteroatoms. The Labute approximate surface area is 147 Å². The second kappa shape index (κ2) is 8.74. The van der Waals surface area contributed by atoms with E-state index in [0.717, 1.165) is 37.5 Å². The Hall–Kier alpha value is -1.79. The largest absolute Gasteiger partial charge is 0.398 e. The minimum Gasteiger partial charge on any atom is -0.398 e. The molecule has 0 unspecified atom stereocenters. The van der Waals surface area contributed by atoms with Crippen molar-refractivity contribution in [2.24, 2.45) is 0 Å². The van der Waals surface area contributed by atoms with Crippen molar-refractivity contribution in [3.63, 3.8) is 0 Å². The minimum absolute atomic E-state index is 0. The van der Waals surface area contributed by atoms with Gasteiger partial charge in [-0.2, -0.15) is 0 Å². The monoisotopic (exact) mass is 357 g/mol. The summed E-state index contributed by atoms with van der Waals surface area (Å²) in [5.41, 5.74) is 6.78. The molecule has 0 radical (unpaired) electrons. The molecule has 0 aliphatic carbocycles. The first-order valence-electron chi connectivity index (χ1n) is 7.29. The van der Waals surface area contributed by atoms with Crippen LogP contribution < -0.4 is 11.1 Å². The summed E-state index contributed by atoms with van der Waals surface area (Å²) < 4.78 is 2.13. The SMILES string of the molecule is Cl.Cl.Nc1ccccc1C(=O)NCc1nnc2n1CCCCC2. The Balaban J connectivity index is 0.00000132. The fraction of sp³-hybridized carbons (Fsp3) is 0.400. The van der Waals surface area contributed by atoms with Crippen molar-refractivity contribution in [1.29, 1.82) is 0 Å². The standard InChI is InChI=1S/C15H19N5O.2ClH/c16-12-7-4-3-6-11(12)15(21)17-10-14-19-18-13-8-2-1-5-9-20(13)14;;/h3-4,6-7H,1-2,5,8-10,16H2,(H,17,21);2*1H. The third kappa shape index (κ3) is 4.36. The van der Waals surface area contributed by atoms with Gasteiger partial charge in [-0.15, -0.1) is 35.0 Å². The number of para-hydroxylation sites is 1. The summed E-state index contributed by atoms with van der Waals surface area (Å²) in [6, 6.07) is 7.05. The number of hydrogen-bond donors (Lipinski definition) is 2. The van der Waals surface area contributed by atoms with E-state index in [2.05, 4.69) is 20.1 Å². The van der Waals surface area contributed by atoms with Crippen LogP contribution in [0.25, 0.3) is 0 Å². The lowest BCUT2D eigenvalue weighted by atomic mass is 10.1. The summed E-state index contributed by atoms with van der Waals surface area (Å²) >= 11 is 0. The molecule has 0 fully saturated rings. The van der Waals surface area contributed by atoms with E-state index in [-0.39, 0.29) is 30.7 Å². The molecule has 1 aliphatic heterocycles. The fourth-order valence-corrected chi connectivity index (χ4v) is 2.63. The molecule has 0 saturated carbocycles. The molecule has 126 valence electrons. The van der Waals surface area contributed by atoms with E-state index in [9.17, 15) is 4.79 Å². The lowest BCUT2D eigenvalue weighted by molar-refractivity contribution is 0.0950. The molecular formula is C15H21Cl2N5O. The Bertz CT molecular complexity index is 659. The van der Waals surface area contributed by atoms with Gasteiger partial charge in [-0.1, -0.05) is 18.6 Å². The second-order valence-electron chi connectivity index (χ2n) is 5.26. The average Bonchev–Trinajstić information content (AvgIpc) is 2.72. The first-order chi connectivity index (χ1) is 10.3. The number of nitrogen functional groups attached to an aromatic ring is 1. The molecule has 0 atom stereocenters. The maximum Gasteiger partial charge on any atom is 0.253 e. The molecule has 1 amide bonds. The van der Waals surface area contributed by atoms with Crippen LogP contribution in [-0.4, -0.2) is 20.7 Å². The molecule has 0 spiro atoms. The van der Waals surface area contributed by atoms with Crippen molar-refractivity contribution < 1.29 is 4.79 Å². The molecule has 2 aromatic rings. The van der Waals surface area contributed by atoms with Crippen molar-refractivity contribution in [2.75, 3.05) is 5.73 Å². The van der Waals surface area contributed by atoms with Gasteiger partial charge in [0, 0.05) is 18.7 Å². The zero-order valence-electron chi connectivity index (χ0n) is 12.7. The van der Waals surface area contributed by atoms with E-state index in [4.69, 9.17) is 5.73 Å². The zero-order valence-corrected chi connectivity index (χ0v) is 14.3. The van der Waals surface area contributed by atoms with Crippen LogP contribution in [0.3, 0.4) is 0 Å². The number of hydrogen-bond acceptors (Lipinski definition) is 4. The highest BCUT2D eigenvalue weighted by Gasteiger charge is 2.16. The Kier molecular flexibility index (Phi) is 7.32. The van der Waals surface area contributed by atoms with E-state index in [0.29, 0.717) is 17.8 Å². The summed E-state index contributed by atoms with van der Waals surface area (Å²) in [6.45, 7) is 1.31. The Morgan fingerprint density at radius 2 is 1.96 bits per heavy atom. The van der Waals surface area contributed by atoms with Crippen LogP contribution >= 0.6 is 24.8 Å². The third-order valence-electron chi connectivity index (χ3n) is 3.80. The number of fused-ring (bicyclic) bond motifs is 1. The normalized spacial score (nSPS) is 13.0. The van der Waals surface area contributed by atoms with E-state index in [1.165, 1.54) is 6.42 Å². The predicted octanol–water partition coefficient (Wildman–Crippen LogP) is 2.36. The van der Waals surface area contributed by atoms with Gasteiger partial charge >= 0.3 is 0 Å². The molecule has 1 aromatic heterocycles. The number of halogens is 2. The molecule has 0 bridgehead atoms. The van der Waals surface area contributed by atoms with Crippen LogP contribution in [-0.2, 0) is 19.5 Å². The van der Waals surface area contributed by atoms with Gasteiger partial charge in [0.15, 0.2) is 5.82 Å². The van der Waals surface area contributed by atoms with Crippen molar-refractivity contribution >= 4 is 36.4 Å². The van der Waals surface area contributed by atoms with E-state index in [1.807, 2.05) is 6.07 Å². The average molecular weight is 358 g/mol. The molecule has 0 saturated heterocycles. The van der Waals surface area contributed by atoms with Gasteiger partial charge in [0.05, 0.1) is 12.1 Å². The molecular weight excluding hydrogens is 337 g/mol. The molecule has 23 heavy (non-hydrogen) atoms. The number of rotatable bonds is 3. The number of carbonyl (C=O) groups excluding carboxylic acids is 1. The van der Waals surface area contributed by atoms with Gasteiger partial charge in [0.25, 0.3) is 5.91 Å². The number of anilines is 1. The van der Waals surface area contributed by atoms with Crippen LogP contribution in [0.5, 0.6) is 0 Å². The number of amides is 1. The number of aryl methyl sites for hydroxylation is 1. The molecule has 2 heterocycles. The molecule has 1 aliphatic rings. The number of nitrogens with one attached hydrogen (secondary N) is 1. The topological polar surface area (TPSA) is 85.8 Å². The van der Waals surface area contributed by atoms with Crippen LogP contribution in [0.2, 0.25) is 0 Å². The summed E-state index contributed by atoms with van der Waals surface area (Å²) in [7, 11) is 0. The van der Waals surface area contributed by atoms with E-state index in [1.54, 1.807) is 18.2 Å². The minimum atomic E-state index is -0.181. The van der Waals surface area contributed by atoms with Gasteiger partial charge in [-0.05, 0) is 25.0 Å². The second-order valence-corrected chi connectivity index (χ2v) is 5.26. The van der Waals surface area contributed by atoms with Crippen molar-refractivity contribution in [3.8, 4) is 0 Å². The fourth-order valence-electron chi connectivity index (χ4n) is 2.63. The Morgan fingerprint density at radius 3 is 2.74 bits per heavy atom. The van der Waals surface area contributed by atoms with Gasteiger partial charge in [-0.25, -0.2) is 0 Å². The number of carbonyl (C=O) groups is 1. The quantitative estimate of drug-likeness (QED) is 0.825.